The van der Waals surface area contributed by atoms with Crippen LogP contribution >= 0.6 is 23.5 Å². The Bertz CT molecular complexity index is 2410. The second-order valence-electron chi connectivity index (χ2n) is 11.8. The molecule has 4 heterocycles. The molecule has 1 saturated heterocycles. The lowest BCUT2D eigenvalue weighted by Crippen LogP contribution is -2.34. The van der Waals surface area contributed by atoms with Crippen molar-refractivity contribution in [3.63, 3.8) is 0 Å². The third-order valence-electron chi connectivity index (χ3n) is 8.38. The van der Waals surface area contributed by atoms with Crippen molar-refractivity contribution in [1.29, 1.82) is 0 Å². The van der Waals surface area contributed by atoms with Crippen LogP contribution in [0.3, 0.4) is 0 Å². The monoisotopic (exact) mass is 798 g/mol. The number of rotatable bonds is 9. The zero-order chi connectivity index (χ0) is 38.2. The maximum absolute atomic E-state index is 13.3. The van der Waals surface area contributed by atoms with E-state index in [0.717, 1.165) is 10.8 Å². The molecule has 1 aromatic heterocycles. The quantitative estimate of drug-likeness (QED) is 0.0888. The average Bonchev–Trinajstić information content (AvgIpc) is 3.54. The van der Waals surface area contributed by atoms with Crippen molar-refractivity contribution in [3.8, 4) is 34.1 Å². The van der Waals surface area contributed by atoms with E-state index in [4.69, 9.17) is 24.0 Å². The fourth-order valence-electron chi connectivity index (χ4n) is 6.28. The summed E-state index contributed by atoms with van der Waals surface area (Å²) in [6, 6.07) is 12.6. The number of aliphatic hydroxyl groups is 1. The Kier molecular flexibility index (Phi) is 8.94. The van der Waals surface area contributed by atoms with Crippen LogP contribution in [0, 0.1) is 0 Å². The summed E-state index contributed by atoms with van der Waals surface area (Å²) in [7, 11) is -17.0. The van der Waals surface area contributed by atoms with Crippen LogP contribution in [0.4, 0.5) is 0 Å². The lowest BCUT2D eigenvalue weighted by Gasteiger charge is -2.36. The number of phenols is 2. The number of nitrogens with zero attached hydrogens (tertiary/aromatic N) is 1. The fourth-order valence-corrected chi connectivity index (χ4v) is 9.31. The van der Waals surface area contributed by atoms with Crippen LogP contribution in [0.25, 0.3) is 11.1 Å². The van der Waals surface area contributed by atoms with E-state index in [-0.39, 0.29) is 51.7 Å². The Morgan fingerprint density at radius 3 is 2.09 bits per heavy atom. The lowest BCUT2D eigenvalue weighted by atomic mass is 9.77. The predicted octanol–water partition coefficient (Wildman–Crippen LogP) is 2.17. The van der Waals surface area contributed by atoms with Gasteiger partial charge in [-0.3, -0.25) is 18.9 Å². The highest BCUT2D eigenvalue weighted by atomic mass is 31.3. The zero-order valence-corrected chi connectivity index (χ0v) is 28.9. The number of phenolic OH excluding ortho intramolecular Hbond substituents is 2. The first-order valence-electron chi connectivity index (χ1n) is 15.0. The summed E-state index contributed by atoms with van der Waals surface area (Å²) in [4.78, 5) is 78.2. The van der Waals surface area contributed by atoms with Gasteiger partial charge < -0.3 is 49.1 Å². The molecule has 8 N–H and O–H groups in total. The van der Waals surface area contributed by atoms with Gasteiger partial charge in [0.1, 0.15) is 35.3 Å². The molecule has 0 saturated carbocycles. The molecule has 0 amide bonds. The minimum Gasteiger partial charge on any atom is -0.508 e. The van der Waals surface area contributed by atoms with E-state index in [1.165, 1.54) is 54.6 Å². The number of nitrogens with one attached hydrogen (secondary N) is 1. The van der Waals surface area contributed by atoms with Crippen molar-refractivity contribution < 1.29 is 80.7 Å². The van der Waals surface area contributed by atoms with E-state index in [0.29, 0.717) is 11.1 Å². The molecule has 1 fully saturated rings. The van der Waals surface area contributed by atoms with Crippen molar-refractivity contribution in [1.82, 2.24) is 9.55 Å². The number of hydrogen-bond acceptors (Lipinski definition) is 15. The second kappa shape index (κ2) is 12.8. The number of aromatic nitrogens is 2. The molecule has 5 atom stereocenters. The molecule has 0 aliphatic carbocycles. The molecule has 21 nitrogen and oxygen atoms in total. The van der Waals surface area contributed by atoms with Crippen molar-refractivity contribution in [2.24, 2.45) is 0 Å². The number of hydrogen-bond donors (Lipinski definition) is 8. The summed E-state index contributed by atoms with van der Waals surface area (Å²) in [6.07, 6.45) is -3.55. The standard InChI is InChI=1S/C29H25N2O19P3/c32-14-2-5-18-22(8-14)46-23-9-15(33)3-6-19(23)29(18)20-7-13(1-4-16(20)27(36)48-29)17-11-31(28(37)30-26(17)35)25-10-21(34)24(47-25)12-45-52(41,42)50-53(43,44)49-51(38,39)40/h1-9,11,21,24-25,32-34H,10,12H2,(H,41,42)(H,43,44)(H,30,35,37)(H2,38,39,40)/t21-,24+,25+/m0/s1. The number of H-pyrrole nitrogens is 1. The Hall–Kier alpha value is -4.46. The minimum atomic E-state index is -5.81. The van der Waals surface area contributed by atoms with Gasteiger partial charge in [0.2, 0.25) is 0 Å². The van der Waals surface area contributed by atoms with Gasteiger partial charge in [0, 0.05) is 41.4 Å². The second-order valence-corrected chi connectivity index (χ2v) is 16.2. The number of carbonyl (C=O) groups excluding carboxylic acids is 1. The molecule has 3 aromatic carbocycles. The summed E-state index contributed by atoms with van der Waals surface area (Å²) in [5, 5.41) is 31.0. The highest BCUT2D eigenvalue weighted by molar-refractivity contribution is 7.66. The van der Waals surface area contributed by atoms with Crippen LogP contribution in [-0.2, 0) is 41.9 Å². The molecule has 280 valence electrons. The number of aromatic hydroxyl groups is 2. The van der Waals surface area contributed by atoms with Crippen LogP contribution in [0.2, 0.25) is 0 Å². The first-order valence-corrected chi connectivity index (χ1v) is 19.5. The highest BCUT2D eigenvalue weighted by Gasteiger charge is 2.54. The Labute approximate surface area is 294 Å². The van der Waals surface area contributed by atoms with Crippen molar-refractivity contribution in [2.45, 2.75) is 30.5 Å². The van der Waals surface area contributed by atoms with Gasteiger partial charge in [0.25, 0.3) is 5.56 Å². The summed E-state index contributed by atoms with van der Waals surface area (Å²) >= 11 is 0. The van der Waals surface area contributed by atoms with Crippen molar-refractivity contribution in [3.05, 3.63) is 104 Å². The van der Waals surface area contributed by atoms with Gasteiger partial charge in [-0.1, -0.05) is 6.07 Å². The minimum absolute atomic E-state index is 0.111. The number of phosphoric acid groups is 3. The SMILES string of the molecule is O=C1OC2(c3ccc(O)cc3Oc3cc(O)ccc32)c2cc(-c3cn([C@H]4C[C@H](O)[C@@H](COP(=O)(O)OP(=O)(O)OP(=O)(O)O)O4)c(=O)[nH]c3=O)ccc21. The van der Waals surface area contributed by atoms with Crippen molar-refractivity contribution in [2.75, 3.05) is 6.61 Å². The zero-order valence-electron chi connectivity index (χ0n) is 26.2. The number of benzene rings is 3. The van der Waals surface area contributed by atoms with Crippen molar-refractivity contribution >= 4 is 29.4 Å². The summed E-state index contributed by atoms with van der Waals surface area (Å²) in [6.45, 7) is -1.00. The van der Waals surface area contributed by atoms with Gasteiger partial charge in [-0.2, -0.15) is 8.62 Å². The molecule has 24 heteroatoms. The number of fused-ring (bicyclic) bond motifs is 6. The smallest absolute Gasteiger partial charge is 0.490 e. The maximum atomic E-state index is 13.3. The lowest BCUT2D eigenvalue weighted by molar-refractivity contribution is -0.0449. The molecule has 4 aromatic rings. The van der Waals surface area contributed by atoms with E-state index in [9.17, 15) is 53.2 Å². The summed E-state index contributed by atoms with van der Waals surface area (Å²) in [5.74, 6) is -0.837. The average molecular weight is 798 g/mol. The molecular formula is C29H25N2O19P3. The van der Waals surface area contributed by atoms with Gasteiger partial charge in [-0.25, -0.2) is 23.3 Å². The van der Waals surface area contributed by atoms with Gasteiger partial charge in [0.15, 0.2) is 5.60 Å². The van der Waals surface area contributed by atoms with Gasteiger partial charge >= 0.3 is 35.1 Å². The molecule has 53 heavy (non-hydrogen) atoms. The number of carbonyl (C=O) groups is 1. The molecular weight excluding hydrogens is 773 g/mol. The number of aromatic amines is 1. The number of aliphatic hydroxyl groups excluding tert-OH is 1. The predicted molar refractivity (Wildman–Crippen MR) is 173 cm³/mol. The molecule has 7 rings (SSSR count). The molecule has 0 radical (unpaired) electrons. The number of phosphoric ester groups is 1. The normalized spacial score (nSPS) is 22.2. The fraction of sp³-hybridized carbons (Fsp3) is 0.207. The number of ether oxygens (including phenoxy) is 3. The van der Waals surface area contributed by atoms with Gasteiger partial charge in [0.05, 0.1) is 23.8 Å². The maximum Gasteiger partial charge on any atom is 0.490 e. The number of esters is 1. The first kappa shape index (κ1) is 36.9. The third-order valence-corrected chi connectivity index (χ3v) is 12.2. The topological polar surface area (TPSA) is 320 Å². The molecule has 1 spiro atoms. The largest absolute Gasteiger partial charge is 0.508 e. The van der Waals surface area contributed by atoms with Crippen LogP contribution in [-0.4, -0.2) is 69.2 Å². The van der Waals surface area contributed by atoms with Crippen LogP contribution in [0.15, 0.2) is 70.4 Å². The van der Waals surface area contributed by atoms with E-state index >= 15 is 0 Å². The van der Waals surface area contributed by atoms with Gasteiger partial charge in [-0.05, 0) is 42.0 Å². The molecule has 2 unspecified atom stereocenters. The third kappa shape index (κ3) is 6.90. The Morgan fingerprint density at radius 1 is 0.830 bits per heavy atom. The Morgan fingerprint density at radius 2 is 1.47 bits per heavy atom. The first-order chi connectivity index (χ1) is 24.7. The van der Waals surface area contributed by atoms with Crippen LogP contribution < -0.4 is 16.0 Å². The van der Waals surface area contributed by atoms with E-state index in [1.807, 2.05) is 0 Å². The molecule has 3 aliphatic heterocycles. The van der Waals surface area contributed by atoms with Crippen LogP contribution in [0.1, 0.15) is 39.7 Å². The van der Waals surface area contributed by atoms with E-state index in [1.54, 1.807) is 0 Å². The molecule has 0 bridgehead atoms. The summed E-state index contributed by atoms with van der Waals surface area (Å²) < 4.78 is 65.0. The van der Waals surface area contributed by atoms with Gasteiger partial charge in [-0.15, -0.1) is 0 Å². The Balaban J connectivity index is 1.21. The summed E-state index contributed by atoms with van der Waals surface area (Å²) in [5.41, 5.74) is -2.51. The van der Waals surface area contributed by atoms with E-state index < -0.39 is 71.3 Å². The highest BCUT2D eigenvalue weighted by Crippen LogP contribution is 2.66. The van der Waals surface area contributed by atoms with Crippen LogP contribution in [0.5, 0.6) is 23.0 Å². The van der Waals surface area contributed by atoms with E-state index in [2.05, 4.69) is 18.1 Å². The molecule has 3 aliphatic rings.